The van der Waals surface area contributed by atoms with Crippen molar-refractivity contribution in [3.05, 3.63) is 50.6 Å². The molecule has 0 bridgehead atoms. The summed E-state index contributed by atoms with van der Waals surface area (Å²) in [5.41, 5.74) is 3.29. The van der Waals surface area contributed by atoms with Gasteiger partial charge in [0.05, 0.1) is 17.1 Å². The van der Waals surface area contributed by atoms with Gasteiger partial charge in [0.25, 0.3) is 11.7 Å². The van der Waals surface area contributed by atoms with Gasteiger partial charge in [0.15, 0.2) is 22.3 Å². The molecule has 21 nitrogen and oxygen atoms in total. The number of β-lactam (4-membered cyclic amide) rings is 1. The van der Waals surface area contributed by atoms with Gasteiger partial charge >= 0.3 is 23.5 Å². The van der Waals surface area contributed by atoms with E-state index in [0.717, 1.165) is 28.4 Å². The number of nitrogens with one attached hydrogen (secondary N) is 2. The molecule has 0 saturated carbocycles. The number of carbonyl (C=O) groups excluding carboxylic acids is 4. The van der Waals surface area contributed by atoms with Gasteiger partial charge < -0.3 is 41.2 Å². The molecule has 2 aromatic heterocycles. The predicted octanol–water partition coefficient (Wildman–Crippen LogP) is -1.48. The van der Waals surface area contributed by atoms with Crippen LogP contribution >= 0.6 is 34.7 Å². The Bertz CT molecular complexity index is 2040. The largest absolute Gasteiger partial charge is 0.504 e. The van der Waals surface area contributed by atoms with Crippen LogP contribution in [-0.2, 0) is 33.7 Å². The van der Waals surface area contributed by atoms with Crippen molar-refractivity contribution in [3.8, 4) is 11.5 Å². The fourth-order valence-electron chi connectivity index (χ4n) is 4.40. The number of fused-ring (bicyclic) bond motifs is 1. The zero-order valence-electron chi connectivity index (χ0n) is 24.7. The number of carboxylic acid groups (broad SMARTS) is 2. The monoisotopic (exact) mass is 739 g/mol. The molecular weight excluding hydrogens is 718 g/mol. The number of hydrogen-bond acceptors (Lipinski definition) is 16. The number of carboxylic acids is 2. The van der Waals surface area contributed by atoms with E-state index >= 15 is 0 Å². The molecule has 8 N–H and O–H groups in total. The molecule has 4 heterocycles. The van der Waals surface area contributed by atoms with E-state index in [9.17, 15) is 54.0 Å². The van der Waals surface area contributed by atoms with Crippen LogP contribution in [0.4, 0.5) is 5.13 Å². The fraction of sp³-hybridized carbons (Fsp3) is 0.280. The third-order valence-electron chi connectivity index (χ3n) is 7.10. The third kappa shape index (κ3) is 5.97. The first-order chi connectivity index (χ1) is 22.9. The van der Waals surface area contributed by atoms with Crippen molar-refractivity contribution >= 4 is 81.0 Å². The van der Waals surface area contributed by atoms with Gasteiger partial charge in [-0.25, -0.2) is 19.4 Å². The number of anilines is 1. The Labute approximate surface area is 284 Å². The molecular formula is C25H22ClN9O12S2. The highest BCUT2D eigenvalue weighted by Crippen LogP contribution is 2.49. The molecule has 0 unspecified atom stereocenters. The number of phenolic OH excluding ortho intramolecular Hbond substituents is 2. The van der Waals surface area contributed by atoms with Crippen LogP contribution in [0.25, 0.3) is 0 Å². The van der Waals surface area contributed by atoms with Crippen LogP contribution in [0.2, 0.25) is 5.02 Å². The summed E-state index contributed by atoms with van der Waals surface area (Å²) in [6.07, 6.45) is 0.701. The molecule has 3 atom stereocenters. The quantitative estimate of drug-likeness (QED) is 0.0294. The average Bonchev–Trinajstić information content (AvgIpc) is 3.74. The van der Waals surface area contributed by atoms with Crippen LogP contribution in [0.5, 0.6) is 11.5 Å². The molecule has 0 spiro atoms. The Morgan fingerprint density at radius 2 is 1.86 bits per heavy atom. The number of carbonyl (C=O) groups is 6. The molecule has 2 fully saturated rings. The lowest BCUT2D eigenvalue weighted by Crippen LogP contribution is -2.68. The summed E-state index contributed by atoms with van der Waals surface area (Å²) in [4.78, 5) is 96.7. The maximum Gasteiger partial charge on any atom is 0.366 e. The molecule has 258 valence electrons. The SMILES string of the molecule is CC(C)(O/N=C(\C(=O)N[C@@H]1C(=O)N2C[C@@](C(=O)O)(n3ncn(NC(=O)C(=O)c4ccc(O)c(O)c4Cl)c3=O)S[C@H]12)c1csc(N)n1)C(=O)O. The van der Waals surface area contributed by atoms with Crippen molar-refractivity contribution in [1.82, 2.24) is 29.7 Å². The van der Waals surface area contributed by atoms with Gasteiger partial charge in [-0.15, -0.1) is 11.3 Å². The number of thioether (sulfide) groups is 1. The first-order valence-electron chi connectivity index (χ1n) is 13.4. The van der Waals surface area contributed by atoms with E-state index in [4.69, 9.17) is 22.2 Å². The average molecular weight is 740 g/mol. The Balaban J connectivity index is 1.36. The van der Waals surface area contributed by atoms with Crippen molar-refractivity contribution in [2.45, 2.75) is 35.7 Å². The highest BCUT2D eigenvalue weighted by Gasteiger charge is 2.64. The fourth-order valence-corrected chi connectivity index (χ4v) is 6.76. The number of amides is 3. The molecule has 5 rings (SSSR count). The van der Waals surface area contributed by atoms with Gasteiger partial charge in [-0.1, -0.05) is 28.5 Å². The molecule has 49 heavy (non-hydrogen) atoms. The zero-order valence-corrected chi connectivity index (χ0v) is 27.1. The number of rotatable bonds is 11. The molecule has 3 aromatic rings. The molecule has 2 aliphatic rings. The van der Waals surface area contributed by atoms with Gasteiger partial charge in [-0.05, 0) is 26.0 Å². The summed E-state index contributed by atoms with van der Waals surface area (Å²) in [5, 5.41) is 48.3. The number of aromatic hydroxyl groups is 2. The maximum atomic E-state index is 13.3. The van der Waals surface area contributed by atoms with E-state index in [1.54, 1.807) is 0 Å². The van der Waals surface area contributed by atoms with E-state index < -0.39 is 97.4 Å². The van der Waals surface area contributed by atoms with Crippen molar-refractivity contribution in [3.63, 3.8) is 0 Å². The normalized spacial score (nSPS) is 20.3. The Morgan fingerprint density at radius 3 is 2.47 bits per heavy atom. The summed E-state index contributed by atoms with van der Waals surface area (Å²) >= 11 is 7.32. The van der Waals surface area contributed by atoms with Crippen molar-refractivity contribution in [1.29, 1.82) is 0 Å². The number of nitrogens with zero attached hydrogens (tertiary/aromatic N) is 6. The minimum absolute atomic E-state index is 0.0327. The number of halogens is 1. The van der Waals surface area contributed by atoms with Crippen LogP contribution in [0.3, 0.4) is 0 Å². The summed E-state index contributed by atoms with van der Waals surface area (Å²) < 4.78 is 0.860. The number of hydrogen-bond donors (Lipinski definition) is 7. The zero-order chi connectivity index (χ0) is 36.2. The van der Waals surface area contributed by atoms with Crippen LogP contribution in [0.15, 0.2) is 33.8 Å². The van der Waals surface area contributed by atoms with Crippen molar-refractivity contribution in [2.24, 2.45) is 5.16 Å². The number of thiazole rings is 1. The summed E-state index contributed by atoms with van der Waals surface area (Å²) in [6.45, 7) is 1.72. The lowest BCUT2D eigenvalue weighted by Gasteiger charge is -2.41. The number of phenols is 2. The summed E-state index contributed by atoms with van der Waals surface area (Å²) in [5.74, 6) is -9.15. The smallest absolute Gasteiger partial charge is 0.366 e. The minimum atomic E-state index is -2.28. The van der Waals surface area contributed by atoms with Gasteiger partial charge in [0.2, 0.25) is 16.4 Å². The van der Waals surface area contributed by atoms with Crippen LogP contribution in [-0.4, -0.2) is 109 Å². The first-order valence-corrected chi connectivity index (χ1v) is 15.5. The third-order valence-corrected chi connectivity index (χ3v) is 9.79. The van der Waals surface area contributed by atoms with E-state index in [2.05, 4.69) is 20.6 Å². The second-order valence-electron chi connectivity index (χ2n) is 10.7. The van der Waals surface area contributed by atoms with Crippen LogP contribution in [0.1, 0.15) is 29.9 Å². The van der Waals surface area contributed by atoms with E-state index in [0.29, 0.717) is 27.4 Å². The van der Waals surface area contributed by atoms with Crippen molar-refractivity contribution < 1.29 is 54.0 Å². The number of benzene rings is 1. The van der Waals surface area contributed by atoms with Gasteiger partial charge in [0, 0.05) is 5.38 Å². The Kier molecular flexibility index (Phi) is 8.77. The number of nitrogens with two attached hydrogens (primary N) is 1. The van der Waals surface area contributed by atoms with Crippen LogP contribution < -0.4 is 22.2 Å². The van der Waals surface area contributed by atoms with E-state index in [-0.39, 0.29) is 10.8 Å². The Hall–Kier alpha value is -5.68. The van der Waals surface area contributed by atoms with E-state index in [1.807, 2.05) is 5.43 Å². The Morgan fingerprint density at radius 1 is 1.16 bits per heavy atom. The first kappa shape index (κ1) is 34.6. The molecule has 2 saturated heterocycles. The number of ketones is 1. The summed E-state index contributed by atoms with van der Waals surface area (Å²) in [7, 11) is 0. The number of Topliss-reactive ketones (excluding diaryl/α,β-unsaturated/α-hetero) is 1. The second-order valence-corrected chi connectivity index (χ2v) is 13.4. The minimum Gasteiger partial charge on any atom is -0.504 e. The molecule has 1 aromatic carbocycles. The lowest BCUT2D eigenvalue weighted by atomic mass is 10.1. The topological polar surface area (TPSA) is 311 Å². The van der Waals surface area contributed by atoms with Crippen molar-refractivity contribution in [2.75, 3.05) is 17.7 Å². The predicted molar refractivity (Wildman–Crippen MR) is 166 cm³/mol. The number of aromatic nitrogens is 4. The number of aliphatic carboxylic acids is 2. The lowest BCUT2D eigenvalue weighted by molar-refractivity contribution is -0.161. The molecule has 0 aliphatic carbocycles. The second kappa shape index (κ2) is 12.4. The molecule has 3 amide bonds. The summed E-state index contributed by atoms with van der Waals surface area (Å²) in [6, 6.07) is 0.479. The highest BCUT2D eigenvalue weighted by atomic mass is 35.5. The van der Waals surface area contributed by atoms with Crippen LogP contribution in [0, 0.1) is 0 Å². The van der Waals surface area contributed by atoms with Gasteiger partial charge in [0.1, 0.15) is 23.4 Å². The van der Waals surface area contributed by atoms with E-state index in [1.165, 1.54) is 19.2 Å². The standard InChI is InChI=1S/C25H22ClN9O12S2/c1-24(2,20(42)43)47-32-12(9-5-48-22(27)29-9)16(39)30-13-18(41)33-6-25(21(44)45,49-19(13)33)35-23(46)34(7-28-35)31-17(40)14(37)8-3-4-10(36)15(38)11(8)26/h3-5,7,13,19,36,38H,6H2,1-2H3,(H2,27,29)(H,30,39)(H,31,40)(H,42,43)(H,44,45)/b32-12-/t13-,19-,25-/m1/s1. The molecule has 0 radical (unpaired) electrons. The number of oxime groups is 1. The highest BCUT2D eigenvalue weighted by molar-refractivity contribution is 8.01. The van der Waals surface area contributed by atoms with Gasteiger partial charge in [-0.3, -0.25) is 24.6 Å². The number of nitrogen functional groups attached to an aromatic ring is 1. The maximum absolute atomic E-state index is 13.3. The molecule has 2 aliphatic heterocycles. The van der Waals surface area contributed by atoms with Gasteiger partial charge in [-0.2, -0.15) is 14.5 Å². The molecule has 24 heteroatoms.